The summed E-state index contributed by atoms with van der Waals surface area (Å²) in [7, 11) is 1.49. The highest BCUT2D eigenvalue weighted by atomic mass is 35.5. The predicted molar refractivity (Wildman–Crippen MR) is 123 cm³/mol. The molecule has 2 atom stereocenters. The number of carbonyl (C=O) groups excluding carboxylic acids is 3. The molecule has 1 saturated heterocycles. The van der Waals surface area contributed by atoms with Crippen molar-refractivity contribution in [3.8, 4) is 6.07 Å². The fourth-order valence-corrected chi connectivity index (χ4v) is 4.13. The van der Waals surface area contributed by atoms with Crippen LogP contribution in [0.25, 0.3) is 0 Å². The monoisotopic (exact) mass is 470 g/mol. The van der Waals surface area contributed by atoms with E-state index in [0.717, 1.165) is 0 Å². The Balaban J connectivity index is 1.65. The van der Waals surface area contributed by atoms with Crippen LogP contribution < -0.4 is 5.32 Å². The van der Waals surface area contributed by atoms with Gasteiger partial charge in [0.1, 0.15) is 11.2 Å². The van der Waals surface area contributed by atoms with Gasteiger partial charge in [0.25, 0.3) is 5.91 Å². The van der Waals surface area contributed by atoms with Crippen molar-refractivity contribution in [1.29, 1.82) is 5.26 Å². The molecule has 2 aromatic rings. The molecule has 1 aliphatic rings. The molecule has 9 nitrogen and oxygen atoms in total. The first-order chi connectivity index (χ1) is 15.5. The third-order valence-corrected chi connectivity index (χ3v) is 5.84. The average molecular weight is 471 g/mol. The van der Waals surface area contributed by atoms with Crippen LogP contribution in [0.5, 0.6) is 0 Å². The van der Waals surface area contributed by atoms with Crippen molar-refractivity contribution < 1.29 is 14.4 Å². The van der Waals surface area contributed by atoms with Crippen LogP contribution in [-0.4, -0.2) is 63.5 Å². The van der Waals surface area contributed by atoms with Gasteiger partial charge < -0.3 is 15.1 Å². The molecular formula is C23H27ClN6O3. The summed E-state index contributed by atoms with van der Waals surface area (Å²) in [6, 6.07) is 10.4. The number of nitriles is 1. The average Bonchev–Trinajstić information content (AvgIpc) is 3.37. The standard InChI is InChI=1S/C23H27ClN6O3/c1-23(2,3)30-20(24)18(12-26-30)22(33)28(4)14-19(31)29-13-15(10-17(29)11-25)21(32)27-16-8-6-5-7-9-16/h5-9,12,15,17H,10,13-14H2,1-4H3,(H,27,32). The minimum atomic E-state index is -0.736. The first-order valence-corrected chi connectivity index (χ1v) is 10.9. The lowest BCUT2D eigenvalue weighted by Crippen LogP contribution is -2.43. The molecule has 1 aromatic heterocycles. The maximum atomic E-state index is 12.9. The summed E-state index contributed by atoms with van der Waals surface area (Å²) in [5, 5.41) is 16.7. The van der Waals surface area contributed by atoms with Crippen LogP contribution in [0.4, 0.5) is 5.69 Å². The Morgan fingerprint density at radius 3 is 2.52 bits per heavy atom. The molecule has 1 aliphatic heterocycles. The van der Waals surface area contributed by atoms with E-state index >= 15 is 0 Å². The number of rotatable bonds is 5. The summed E-state index contributed by atoms with van der Waals surface area (Å²) in [6.07, 6.45) is 1.62. The van der Waals surface area contributed by atoms with Gasteiger partial charge in [-0.2, -0.15) is 10.4 Å². The molecule has 0 spiro atoms. The van der Waals surface area contributed by atoms with Crippen LogP contribution in [0.1, 0.15) is 37.6 Å². The second kappa shape index (κ2) is 9.63. The molecule has 0 aliphatic carbocycles. The summed E-state index contributed by atoms with van der Waals surface area (Å²) in [6.45, 7) is 5.59. The van der Waals surface area contributed by atoms with Crippen LogP contribution in [-0.2, 0) is 15.1 Å². The van der Waals surface area contributed by atoms with Gasteiger partial charge in [-0.3, -0.25) is 14.4 Å². The van der Waals surface area contributed by atoms with Crippen LogP contribution in [0.15, 0.2) is 36.5 Å². The summed E-state index contributed by atoms with van der Waals surface area (Å²) in [4.78, 5) is 41.0. The highest BCUT2D eigenvalue weighted by molar-refractivity contribution is 6.32. The zero-order chi connectivity index (χ0) is 24.3. The van der Waals surface area contributed by atoms with Crippen molar-refractivity contribution in [2.24, 2.45) is 5.92 Å². The van der Waals surface area contributed by atoms with Crippen molar-refractivity contribution in [2.45, 2.75) is 38.8 Å². The number of amides is 3. The van der Waals surface area contributed by atoms with Gasteiger partial charge in [0.2, 0.25) is 11.8 Å². The van der Waals surface area contributed by atoms with E-state index < -0.39 is 29.3 Å². The SMILES string of the molecule is CN(CC(=O)N1CC(C(=O)Nc2ccccc2)CC1C#N)C(=O)c1cnn(C(C)(C)C)c1Cl. The summed E-state index contributed by atoms with van der Waals surface area (Å²) in [5.74, 6) is -1.62. The lowest BCUT2D eigenvalue weighted by Gasteiger charge is -2.24. The molecule has 0 radical (unpaired) electrons. The maximum absolute atomic E-state index is 12.9. The molecule has 33 heavy (non-hydrogen) atoms. The molecule has 1 N–H and O–H groups in total. The van der Waals surface area contributed by atoms with Crippen molar-refractivity contribution in [3.05, 3.63) is 47.2 Å². The molecule has 0 saturated carbocycles. The summed E-state index contributed by atoms with van der Waals surface area (Å²) >= 11 is 6.35. The lowest BCUT2D eigenvalue weighted by molar-refractivity contribution is -0.131. The molecule has 10 heteroatoms. The Bertz CT molecular complexity index is 1090. The highest BCUT2D eigenvalue weighted by Crippen LogP contribution is 2.26. The molecule has 2 unspecified atom stereocenters. The Labute approximate surface area is 197 Å². The largest absolute Gasteiger partial charge is 0.332 e. The maximum Gasteiger partial charge on any atom is 0.258 e. The minimum absolute atomic E-state index is 0.112. The van der Waals surface area contributed by atoms with E-state index in [-0.39, 0.29) is 36.1 Å². The number of likely N-dealkylation sites (tertiary alicyclic amines) is 1. The van der Waals surface area contributed by atoms with Crippen LogP contribution in [0.2, 0.25) is 5.15 Å². The van der Waals surface area contributed by atoms with E-state index in [1.807, 2.05) is 39.0 Å². The molecular weight excluding hydrogens is 444 g/mol. The number of para-hydroxylation sites is 1. The van der Waals surface area contributed by atoms with Crippen LogP contribution in [0.3, 0.4) is 0 Å². The first kappa shape index (κ1) is 24.3. The van der Waals surface area contributed by atoms with Gasteiger partial charge in [0.15, 0.2) is 0 Å². The lowest BCUT2D eigenvalue weighted by atomic mass is 10.1. The number of aromatic nitrogens is 2. The Hall–Kier alpha value is -3.38. The van der Waals surface area contributed by atoms with E-state index in [2.05, 4.69) is 16.5 Å². The molecule has 2 heterocycles. The van der Waals surface area contributed by atoms with Gasteiger partial charge in [-0.1, -0.05) is 29.8 Å². The number of anilines is 1. The normalized spacial score (nSPS) is 18.0. The number of hydrogen-bond acceptors (Lipinski definition) is 5. The quantitative estimate of drug-likeness (QED) is 0.722. The molecule has 1 fully saturated rings. The number of nitrogens with one attached hydrogen (secondary N) is 1. The van der Waals surface area contributed by atoms with Gasteiger partial charge in [-0.15, -0.1) is 0 Å². The number of likely N-dealkylation sites (N-methyl/N-ethyl adjacent to an activating group) is 1. The molecule has 3 rings (SSSR count). The molecule has 1 aromatic carbocycles. The number of hydrogen-bond donors (Lipinski definition) is 1. The highest BCUT2D eigenvalue weighted by Gasteiger charge is 2.39. The number of benzene rings is 1. The van der Waals surface area contributed by atoms with Gasteiger partial charge in [-0.25, -0.2) is 4.68 Å². The smallest absolute Gasteiger partial charge is 0.258 e. The zero-order valence-corrected chi connectivity index (χ0v) is 19.8. The fraction of sp³-hybridized carbons (Fsp3) is 0.435. The second-order valence-electron chi connectivity index (χ2n) is 9.07. The Morgan fingerprint density at radius 2 is 1.94 bits per heavy atom. The summed E-state index contributed by atoms with van der Waals surface area (Å²) in [5.41, 5.74) is 0.439. The van der Waals surface area contributed by atoms with Crippen molar-refractivity contribution in [3.63, 3.8) is 0 Å². The van der Waals surface area contributed by atoms with E-state index in [1.165, 1.54) is 23.0 Å². The third-order valence-electron chi connectivity index (χ3n) is 5.48. The van der Waals surface area contributed by atoms with Crippen molar-refractivity contribution in [1.82, 2.24) is 19.6 Å². The molecule has 0 bridgehead atoms. The van der Waals surface area contributed by atoms with Gasteiger partial charge in [-0.05, 0) is 39.3 Å². The van der Waals surface area contributed by atoms with Gasteiger partial charge in [0.05, 0.1) is 35.8 Å². The predicted octanol–water partition coefficient (Wildman–Crippen LogP) is 2.74. The van der Waals surface area contributed by atoms with Gasteiger partial charge >= 0.3 is 0 Å². The Kier molecular flexibility index (Phi) is 7.08. The van der Waals surface area contributed by atoms with Gasteiger partial charge in [0, 0.05) is 19.3 Å². The minimum Gasteiger partial charge on any atom is -0.332 e. The number of carbonyl (C=O) groups is 3. The first-order valence-electron chi connectivity index (χ1n) is 10.6. The van der Waals surface area contributed by atoms with Crippen molar-refractivity contribution >= 4 is 35.0 Å². The van der Waals surface area contributed by atoms with E-state index in [4.69, 9.17) is 11.6 Å². The van der Waals surface area contributed by atoms with E-state index in [1.54, 1.807) is 16.8 Å². The summed E-state index contributed by atoms with van der Waals surface area (Å²) < 4.78 is 1.54. The van der Waals surface area contributed by atoms with Crippen LogP contribution in [0, 0.1) is 17.2 Å². The second-order valence-corrected chi connectivity index (χ2v) is 9.43. The molecule has 174 valence electrons. The van der Waals surface area contributed by atoms with Crippen molar-refractivity contribution in [2.75, 3.05) is 25.5 Å². The topological polar surface area (TPSA) is 111 Å². The number of nitrogens with zero attached hydrogens (tertiary/aromatic N) is 5. The van der Waals surface area contributed by atoms with Crippen LogP contribution >= 0.6 is 11.6 Å². The van der Waals surface area contributed by atoms with E-state index in [0.29, 0.717) is 5.69 Å². The Morgan fingerprint density at radius 1 is 1.27 bits per heavy atom. The van der Waals surface area contributed by atoms with E-state index in [9.17, 15) is 19.6 Å². The fourth-order valence-electron chi connectivity index (χ4n) is 3.71. The number of halogens is 1. The third kappa shape index (κ3) is 5.34. The molecule has 3 amide bonds. The zero-order valence-electron chi connectivity index (χ0n) is 19.1.